The van der Waals surface area contributed by atoms with E-state index in [0.717, 1.165) is 31.4 Å². The van der Waals surface area contributed by atoms with Crippen LogP contribution in [0.25, 0.3) is 0 Å². The lowest BCUT2D eigenvalue weighted by atomic mass is 10.0. The highest BCUT2D eigenvalue weighted by Gasteiger charge is 2.12. The maximum atomic E-state index is 12.1. The van der Waals surface area contributed by atoms with Gasteiger partial charge in [-0.3, -0.25) is 9.59 Å². The van der Waals surface area contributed by atoms with Crippen LogP contribution >= 0.6 is 11.8 Å². The van der Waals surface area contributed by atoms with Crippen LogP contribution in [0.1, 0.15) is 49.4 Å². The van der Waals surface area contributed by atoms with E-state index in [9.17, 15) is 9.59 Å². The second-order valence-corrected chi connectivity index (χ2v) is 5.50. The normalized spacial score (nSPS) is 9.90. The molecule has 0 amide bonds. The van der Waals surface area contributed by atoms with E-state index in [4.69, 9.17) is 10.00 Å². The molecule has 0 saturated heterocycles. The molecule has 0 aliphatic heterocycles. The van der Waals surface area contributed by atoms with E-state index in [2.05, 4.69) is 0 Å². The topological polar surface area (TPSA) is 67.2 Å². The molecule has 0 aromatic heterocycles. The molecule has 5 heteroatoms. The summed E-state index contributed by atoms with van der Waals surface area (Å²) in [4.78, 5) is 23.2. The summed E-state index contributed by atoms with van der Waals surface area (Å²) >= 11 is 1.27. The molecule has 0 unspecified atom stereocenters. The highest BCUT2D eigenvalue weighted by Crippen LogP contribution is 2.21. The predicted octanol–water partition coefficient (Wildman–Crippen LogP) is 3.96. The van der Waals surface area contributed by atoms with Crippen molar-refractivity contribution in [1.29, 1.82) is 5.26 Å². The summed E-state index contributed by atoms with van der Waals surface area (Å²) in [6, 6.07) is 6.82. The first kappa shape index (κ1) is 17.3. The number of ketones is 1. The van der Waals surface area contributed by atoms with Crippen molar-refractivity contribution in [1.82, 2.24) is 0 Å². The molecule has 112 valence electrons. The largest absolute Gasteiger partial charge is 0.426 e. The Morgan fingerprint density at radius 1 is 1.19 bits per heavy atom. The Balaban J connectivity index is 2.38. The highest BCUT2D eigenvalue weighted by molar-refractivity contribution is 8.03. The Morgan fingerprint density at radius 3 is 2.62 bits per heavy atom. The van der Waals surface area contributed by atoms with Crippen LogP contribution in [0.3, 0.4) is 0 Å². The van der Waals surface area contributed by atoms with Crippen molar-refractivity contribution < 1.29 is 14.3 Å². The van der Waals surface area contributed by atoms with Crippen molar-refractivity contribution >= 4 is 23.5 Å². The Labute approximate surface area is 129 Å². The molecule has 4 nitrogen and oxygen atoms in total. The molecule has 0 heterocycles. The number of benzene rings is 1. The minimum Gasteiger partial charge on any atom is -0.426 e. The molecule has 0 bridgehead atoms. The lowest BCUT2D eigenvalue weighted by Gasteiger charge is -2.07. The van der Waals surface area contributed by atoms with Gasteiger partial charge in [0.15, 0.2) is 5.78 Å². The van der Waals surface area contributed by atoms with Crippen LogP contribution in [-0.2, 0) is 4.79 Å². The van der Waals surface area contributed by atoms with Gasteiger partial charge in [0.1, 0.15) is 11.2 Å². The van der Waals surface area contributed by atoms with Gasteiger partial charge in [0.05, 0.1) is 5.56 Å². The number of carbonyl (C=O) groups excluding carboxylic acids is 2. The molecule has 1 aromatic carbocycles. The van der Waals surface area contributed by atoms with Crippen LogP contribution < -0.4 is 4.74 Å². The standard InChI is InChI=1S/C16H19NO3S/c1-13(18)20-16-10-6-5-8-14(16)15(19)9-4-2-3-7-11-21-12-17/h5-6,8,10H,2-4,7,9,11H2,1H3. The van der Waals surface area contributed by atoms with Crippen LogP contribution in [-0.4, -0.2) is 17.5 Å². The average Bonchev–Trinajstić information content (AvgIpc) is 2.46. The van der Waals surface area contributed by atoms with Gasteiger partial charge in [-0.2, -0.15) is 5.26 Å². The Kier molecular flexibility index (Phi) is 8.22. The quantitative estimate of drug-likeness (QED) is 0.227. The Morgan fingerprint density at radius 2 is 1.90 bits per heavy atom. The first-order valence-electron chi connectivity index (χ1n) is 6.96. The van der Waals surface area contributed by atoms with Crippen molar-refractivity contribution in [2.75, 3.05) is 5.75 Å². The summed E-state index contributed by atoms with van der Waals surface area (Å²) < 4.78 is 5.05. The van der Waals surface area contributed by atoms with Crippen LogP contribution in [0.4, 0.5) is 0 Å². The van der Waals surface area contributed by atoms with Crippen molar-refractivity contribution in [3.05, 3.63) is 29.8 Å². The third-order valence-electron chi connectivity index (χ3n) is 2.91. The second-order valence-electron chi connectivity index (χ2n) is 4.62. The van der Waals surface area contributed by atoms with E-state index in [0.29, 0.717) is 17.7 Å². The maximum Gasteiger partial charge on any atom is 0.308 e. The number of rotatable bonds is 9. The van der Waals surface area contributed by atoms with Crippen LogP contribution in [0.5, 0.6) is 5.75 Å². The first-order valence-corrected chi connectivity index (χ1v) is 7.95. The highest BCUT2D eigenvalue weighted by atomic mass is 32.2. The molecule has 21 heavy (non-hydrogen) atoms. The van der Waals surface area contributed by atoms with E-state index in [1.54, 1.807) is 24.3 Å². The number of ether oxygens (including phenoxy) is 1. The monoisotopic (exact) mass is 305 g/mol. The van der Waals surface area contributed by atoms with E-state index < -0.39 is 5.97 Å². The number of esters is 1. The SMILES string of the molecule is CC(=O)Oc1ccccc1C(=O)CCCCCCSC#N. The second kappa shape index (κ2) is 10.0. The molecule has 1 aromatic rings. The number of thioether (sulfide) groups is 1. The summed E-state index contributed by atoms with van der Waals surface area (Å²) in [6.45, 7) is 1.32. The van der Waals surface area contributed by atoms with Gasteiger partial charge in [-0.1, -0.05) is 25.0 Å². The molecule has 0 aliphatic rings. The molecular formula is C16H19NO3S. The van der Waals surface area contributed by atoms with Gasteiger partial charge in [-0.15, -0.1) is 0 Å². The summed E-state index contributed by atoms with van der Waals surface area (Å²) in [7, 11) is 0. The van der Waals surface area contributed by atoms with E-state index in [1.807, 2.05) is 5.40 Å². The summed E-state index contributed by atoms with van der Waals surface area (Å²) in [5.74, 6) is 0.753. The van der Waals surface area contributed by atoms with Crippen LogP contribution in [0.2, 0.25) is 0 Å². The molecule has 0 N–H and O–H groups in total. The number of Topliss-reactive ketones (excluding diaryl/α,β-unsaturated/α-hetero) is 1. The van der Waals surface area contributed by atoms with Gasteiger partial charge in [-0.05, 0) is 36.7 Å². The van der Waals surface area contributed by atoms with Crippen LogP contribution in [0, 0.1) is 10.7 Å². The number of nitriles is 1. The fraction of sp³-hybridized carbons (Fsp3) is 0.438. The van der Waals surface area contributed by atoms with Crippen molar-refractivity contribution in [2.24, 2.45) is 0 Å². The molecule has 1 rings (SSSR count). The van der Waals surface area contributed by atoms with Crippen molar-refractivity contribution in [3.63, 3.8) is 0 Å². The molecule has 0 radical (unpaired) electrons. The summed E-state index contributed by atoms with van der Waals surface area (Å²) in [5.41, 5.74) is 0.465. The van der Waals surface area contributed by atoms with E-state index >= 15 is 0 Å². The molecular weight excluding hydrogens is 286 g/mol. The number of hydrogen-bond acceptors (Lipinski definition) is 5. The number of para-hydroxylation sites is 1. The molecule has 0 spiro atoms. The predicted molar refractivity (Wildman–Crippen MR) is 83.2 cm³/mol. The van der Waals surface area contributed by atoms with Gasteiger partial charge >= 0.3 is 5.97 Å². The average molecular weight is 305 g/mol. The fourth-order valence-corrected chi connectivity index (χ4v) is 2.37. The Hall–Kier alpha value is -1.80. The number of thiocyanates is 1. The summed E-state index contributed by atoms with van der Waals surface area (Å²) in [5, 5.41) is 10.4. The zero-order chi connectivity index (χ0) is 15.5. The lowest BCUT2D eigenvalue weighted by molar-refractivity contribution is -0.131. The minimum atomic E-state index is -0.426. The zero-order valence-electron chi connectivity index (χ0n) is 12.1. The number of carbonyl (C=O) groups is 2. The van der Waals surface area contributed by atoms with Crippen molar-refractivity contribution in [2.45, 2.75) is 39.0 Å². The lowest BCUT2D eigenvalue weighted by Crippen LogP contribution is -2.07. The van der Waals surface area contributed by atoms with E-state index in [-0.39, 0.29) is 5.78 Å². The van der Waals surface area contributed by atoms with E-state index in [1.165, 1.54) is 18.7 Å². The molecule has 0 aliphatic carbocycles. The smallest absolute Gasteiger partial charge is 0.308 e. The number of nitrogens with zero attached hydrogens (tertiary/aromatic N) is 1. The van der Waals surface area contributed by atoms with Gasteiger partial charge in [0, 0.05) is 19.1 Å². The van der Waals surface area contributed by atoms with Gasteiger partial charge in [0.25, 0.3) is 0 Å². The van der Waals surface area contributed by atoms with Crippen molar-refractivity contribution in [3.8, 4) is 11.2 Å². The van der Waals surface area contributed by atoms with Gasteiger partial charge in [0.2, 0.25) is 0 Å². The fourth-order valence-electron chi connectivity index (χ4n) is 1.93. The number of hydrogen-bond donors (Lipinski definition) is 0. The van der Waals surface area contributed by atoms with Gasteiger partial charge in [-0.25, -0.2) is 0 Å². The first-order chi connectivity index (χ1) is 10.1. The maximum absolute atomic E-state index is 12.1. The third-order valence-corrected chi connectivity index (χ3v) is 3.53. The summed E-state index contributed by atoms with van der Waals surface area (Å²) in [6.07, 6.45) is 4.24. The zero-order valence-corrected chi connectivity index (χ0v) is 12.9. The molecule has 0 saturated carbocycles. The van der Waals surface area contributed by atoms with Gasteiger partial charge < -0.3 is 4.74 Å². The minimum absolute atomic E-state index is 0.00162. The third kappa shape index (κ3) is 6.96. The molecule has 0 fully saturated rings. The number of unbranched alkanes of at least 4 members (excludes halogenated alkanes) is 3. The Bertz CT molecular complexity index is 522. The molecule has 0 atom stereocenters. The van der Waals surface area contributed by atoms with Crippen LogP contribution in [0.15, 0.2) is 24.3 Å².